The maximum absolute atomic E-state index is 14.4. The number of esters is 1. The molecule has 0 spiro atoms. The van der Waals surface area contributed by atoms with Gasteiger partial charge in [0.05, 0.1) is 23.1 Å². The van der Waals surface area contributed by atoms with Crippen LogP contribution in [0, 0.1) is 21.7 Å². The van der Waals surface area contributed by atoms with Crippen molar-refractivity contribution < 1.29 is 37.5 Å². The third kappa shape index (κ3) is 6.47. The first-order valence-electron chi connectivity index (χ1n) is 10.4. The van der Waals surface area contributed by atoms with Gasteiger partial charge in [-0.3, -0.25) is 10.1 Å². The summed E-state index contributed by atoms with van der Waals surface area (Å²) < 4.78 is 44.6. The lowest BCUT2D eigenvalue weighted by Gasteiger charge is -2.37. The van der Waals surface area contributed by atoms with Crippen LogP contribution in [0.15, 0.2) is 42.5 Å². The summed E-state index contributed by atoms with van der Waals surface area (Å²) >= 11 is 0. The summed E-state index contributed by atoms with van der Waals surface area (Å²) in [7, 11) is 0. The molecule has 0 bridgehead atoms. The minimum atomic E-state index is -1.06. The number of halogens is 2. The fourth-order valence-corrected chi connectivity index (χ4v) is 3.46. The molecule has 0 radical (unpaired) electrons. The van der Waals surface area contributed by atoms with E-state index in [-0.39, 0.29) is 29.8 Å². The first kappa shape index (κ1) is 25.0. The molecule has 1 saturated heterocycles. The molecular weight excluding hydrogens is 454 g/mol. The number of non-ortho nitro benzene ring substituents is 1. The van der Waals surface area contributed by atoms with E-state index < -0.39 is 52.5 Å². The van der Waals surface area contributed by atoms with Gasteiger partial charge in [-0.2, -0.15) is 0 Å². The van der Waals surface area contributed by atoms with Crippen LogP contribution in [0.3, 0.4) is 0 Å². The zero-order chi connectivity index (χ0) is 25.0. The Morgan fingerprint density at radius 1 is 1.15 bits per heavy atom. The number of hydrogen-bond acceptors (Lipinski definition) is 7. The van der Waals surface area contributed by atoms with E-state index >= 15 is 0 Å². The summed E-state index contributed by atoms with van der Waals surface area (Å²) in [5.41, 5.74) is -0.998. The number of amides is 1. The number of alkyl carbamates (subject to hydrolysis) is 1. The number of benzene rings is 2. The average molecular weight is 478 g/mol. The zero-order valence-corrected chi connectivity index (χ0v) is 18.7. The lowest BCUT2D eigenvalue weighted by Crippen LogP contribution is -2.49. The highest BCUT2D eigenvalue weighted by atomic mass is 19.1. The molecule has 3 rings (SSSR count). The van der Waals surface area contributed by atoms with Crippen LogP contribution in [-0.4, -0.2) is 41.3 Å². The highest BCUT2D eigenvalue weighted by Crippen LogP contribution is 2.32. The Morgan fingerprint density at radius 2 is 1.82 bits per heavy atom. The fourth-order valence-electron chi connectivity index (χ4n) is 3.46. The van der Waals surface area contributed by atoms with Gasteiger partial charge in [-0.15, -0.1) is 0 Å². The zero-order valence-electron chi connectivity index (χ0n) is 18.7. The van der Waals surface area contributed by atoms with Crippen LogP contribution >= 0.6 is 0 Å². The monoisotopic (exact) mass is 478 g/mol. The Bertz CT molecular complexity index is 1070. The van der Waals surface area contributed by atoms with E-state index in [1.54, 1.807) is 20.8 Å². The van der Waals surface area contributed by atoms with Gasteiger partial charge in [0.1, 0.15) is 29.4 Å². The topological polar surface area (TPSA) is 117 Å². The molecule has 1 amide bonds. The number of nitro groups is 1. The number of nitrogens with zero attached hydrogens (tertiary/aromatic N) is 1. The van der Waals surface area contributed by atoms with Gasteiger partial charge in [-0.25, -0.2) is 18.4 Å². The molecular formula is C23H24F2N2O7. The van der Waals surface area contributed by atoms with Crippen LogP contribution in [0.25, 0.3) is 0 Å². The molecule has 3 atom stereocenters. The summed E-state index contributed by atoms with van der Waals surface area (Å²) in [5, 5.41) is 13.4. The molecule has 0 aliphatic carbocycles. The van der Waals surface area contributed by atoms with Crippen LogP contribution in [0.4, 0.5) is 19.3 Å². The number of hydrogen-bond donors (Lipinski definition) is 1. The Labute approximate surface area is 194 Å². The molecule has 11 heteroatoms. The molecule has 1 heterocycles. The third-order valence-electron chi connectivity index (χ3n) is 4.90. The Morgan fingerprint density at radius 3 is 2.44 bits per heavy atom. The highest BCUT2D eigenvalue weighted by molar-refractivity contribution is 5.89. The van der Waals surface area contributed by atoms with Gasteiger partial charge in [0, 0.05) is 24.1 Å². The molecule has 2 aromatic rings. The molecule has 9 nitrogen and oxygen atoms in total. The van der Waals surface area contributed by atoms with Gasteiger partial charge in [0.15, 0.2) is 0 Å². The SMILES string of the molecule is CC(C)(C)OC(=O)N[C@H]1C[C@H](OC(=O)c2ccc([N+](=O)[O-])cc2)CO[C@@H]1c1cc(F)ccc1F. The fraction of sp³-hybridized carbons (Fsp3) is 0.391. The molecule has 2 aromatic carbocycles. The van der Waals surface area contributed by atoms with Crippen LogP contribution in [0.1, 0.15) is 49.2 Å². The molecule has 0 unspecified atom stereocenters. The summed E-state index contributed by atoms with van der Waals surface area (Å²) in [5.74, 6) is -2.15. The van der Waals surface area contributed by atoms with E-state index in [9.17, 15) is 28.5 Å². The summed E-state index contributed by atoms with van der Waals surface area (Å²) in [6, 6.07) is 6.85. The summed E-state index contributed by atoms with van der Waals surface area (Å²) in [6.07, 6.45) is -2.67. The lowest BCUT2D eigenvalue weighted by atomic mass is 9.94. The van der Waals surface area contributed by atoms with E-state index in [1.165, 1.54) is 24.3 Å². The van der Waals surface area contributed by atoms with Gasteiger partial charge in [-0.05, 0) is 51.1 Å². The standard InChI is InChI=1S/C23H24F2N2O7/c1-23(2,3)34-22(29)26-19-11-16(12-32-20(19)17-10-14(24)6-9-18(17)25)33-21(28)13-4-7-15(8-5-13)27(30)31/h4-10,16,19-20H,11-12H2,1-3H3,(H,26,29)/t16-,19-,20+/m0/s1. The van der Waals surface area contributed by atoms with Crippen molar-refractivity contribution in [3.8, 4) is 0 Å². The van der Waals surface area contributed by atoms with Crippen LogP contribution < -0.4 is 5.32 Å². The predicted octanol–water partition coefficient (Wildman–Crippen LogP) is 4.45. The maximum Gasteiger partial charge on any atom is 0.407 e. The van der Waals surface area contributed by atoms with Crippen molar-refractivity contribution in [3.63, 3.8) is 0 Å². The maximum atomic E-state index is 14.4. The molecule has 182 valence electrons. The van der Waals surface area contributed by atoms with Crippen molar-refractivity contribution in [2.24, 2.45) is 0 Å². The average Bonchev–Trinajstić information content (AvgIpc) is 2.74. The minimum absolute atomic E-state index is 0.0264. The van der Waals surface area contributed by atoms with Crippen molar-refractivity contribution >= 4 is 17.7 Å². The molecule has 1 aliphatic rings. The number of carbonyl (C=O) groups is 2. The third-order valence-corrected chi connectivity index (χ3v) is 4.90. The lowest BCUT2D eigenvalue weighted by molar-refractivity contribution is -0.384. The van der Waals surface area contributed by atoms with E-state index in [1.807, 2.05) is 0 Å². The molecule has 0 saturated carbocycles. The van der Waals surface area contributed by atoms with Crippen LogP contribution in [0.2, 0.25) is 0 Å². The van der Waals surface area contributed by atoms with Crippen molar-refractivity contribution in [1.29, 1.82) is 0 Å². The molecule has 34 heavy (non-hydrogen) atoms. The van der Waals surface area contributed by atoms with E-state index in [4.69, 9.17) is 14.2 Å². The van der Waals surface area contributed by atoms with Crippen molar-refractivity contribution in [2.75, 3.05) is 6.61 Å². The van der Waals surface area contributed by atoms with E-state index in [0.29, 0.717) is 0 Å². The minimum Gasteiger partial charge on any atom is -0.456 e. The number of carbonyl (C=O) groups excluding carboxylic acids is 2. The number of nitro benzene ring substituents is 1. The smallest absolute Gasteiger partial charge is 0.407 e. The number of rotatable bonds is 5. The Balaban J connectivity index is 1.77. The second-order valence-electron chi connectivity index (χ2n) is 8.74. The highest BCUT2D eigenvalue weighted by Gasteiger charge is 2.38. The number of nitrogens with one attached hydrogen (secondary N) is 1. The first-order valence-corrected chi connectivity index (χ1v) is 10.4. The molecule has 1 fully saturated rings. The first-order chi connectivity index (χ1) is 15.9. The summed E-state index contributed by atoms with van der Waals surface area (Å²) in [4.78, 5) is 35.1. The number of ether oxygens (including phenoxy) is 3. The van der Waals surface area contributed by atoms with Crippen molar-refractivity contribution in [3.05, 3.63) is 75.3 Å². The molecule has 0 aromatic heterocycles. The van der Waals surface area contributed by atoms with Gasteiger partial charge in [-0.1, -0.05) is 0 Å². The predicted molar refractivity (Wildman–Crippen MR) is 115 cm³/mol. The van der Waals surface area contributed by atoms with E-state index in [2.05, 4.69) is 5.32 Å². The Hall–Kier alpha value is -3.60. The van der Waals surface area contributed by atoms with Crippen LogP contribution in [0.5, 0.6) is 0 Å². The second kappa shape index (κ2) is 10.1. The van der Waals surface area contributed by atoms with Gasteiger partial charge in [0.2, 0.25) is 0 Å². The van der Waals surface area contributed by atoms with Crippen LogP contribution in [-0.2, 0) is 14.2 Å². The largest absolute Gasteiger partial charge is 0.456 e. The van der Waals surface area contributed by atoms with Gasteiger partial charge < -0.3 is 19.5 Å². The van der Waals surface area contributed by atoms with Crippen molar-refractivity contribution in [2.45, 2.75) is 51.0 Å². The van der Waals surface area contributed by atoms with Gasteiger partial charge in [0.25, 0.3) is 5.69 Å². The normalized spacial score (nSPS) is 20.3. The van der Waals surface area contributed by atoms with E-state index in [0.717, 1.165) is 18.2 Å². The van der Waals surface area contributed by atoms with Crippen molar-refractivity contribution in [1.82, 2.24) is 5.32 Å². The molecule has 1 aliphatic heterocycles. The second-order valence-corrected chi connectivity index (χ2v) is 8.74. The molecule has 1 N–H and O–H groups in total. The summed E-state index contributed by atoms with van der Waals surface area (Å²) in [6.45, 7) is 4.86. The Kier molecular flexibility index (Phi) is 7.45. The van der Waals surface area contributed by atoms with Gasteiger partial charge >= 0.3 is 12.1 Å². The quantitative estimate of drug-likeness (QED) is 0.383.